The Bertz CT molecular complexity index is 1260. The van der Waals surface area contributed by atoms with Crippen LogP contribution in [0.4, 0.5) is 5.69 Å². The first-order valence-electron chi connectivity index (χ1n) is 10.1. The van der Waals surface area contributed by atoms with Crippen LogP contribution >= 0.6 is 11.6 Å². The van der Waals surface area contributed by atoms with E-state index in [2.05, 4.69) is 5.32 Å². The highest BCUT2D eigenvalue weighted by Crippen LogP contribution is 2.31. The Morgan fingerprint density at radius 2 is 1.75 bits per heavy atom. The number of fused-ring (bicyclic) bond motifs is 1. The number of sulfonamides is 1. The van der Waals surface area contributed by atoms with E-state index in [-0.39, 0.29) is 23.8 Å². The summed E-state index contributed by atoms with van der Waals surface area (Å²) in [4.78, 5) is 13.4. The van der Waals surface area contributed by atoms with E-state index in [0.717, 1.165) is 16.7 Å². The molecule has 1 aliphatic rings. The summed E-state index contributed by atoms with van der Waals surface area (Å²) in [5, 5.41) is 3.45. The lowest BCUT2D eigenvalue weighted by Gasteiger charge is -2.35. The van der Waals surface area contributed by atoms with Crippen molar-refractivity contribution in [3.63, 3.8) is 0 Å². The molecule has 1 heterocycles. The molecule has 0 aliphatic carbocycles. The predicted molar refractivity (Wildman–Crippen MR) is 124 cm³/mol. The average molecular weight is 471 g/mol. The van der Waals surface area contributed by atoms with Gasteiger partial charge in [-0.1, -0.05) is 35.9 Å². The molecular formula is C24H23ClN2O4S. The summed E-state index contributed by atoms with van der Waals surface area (Å²) >= 11 is 6.02. The van der Waals surface area contributed by atoms with E-state index in [4.69, 9.17) is 16.3 Å². The Hall–Kier alpha value is -2.87. The molecule has 1 N–H and O–H groups in total. The number of nitrogens with zero attached hydrogens (tertiary/aromatic N) is 1. The van der Waals surface area contributed by atoms with E-state index < -0.39 is 16.1 Å². The molecular weight excluding hydrogens is 448 g/mol. The lowest BCUT2D eigenvalue weighted by molar-refractivity contribution is -0.120. The third kappa shape index (κ3) is 4.37. The number of anilines is 1. The first-order valence-corrected chi connectivity index (χ1v) is 11.9. The Morgan fingerprint density at radius 1 is 1.06 bits per heavy atom. The smallest absolute Gasteiger partial charge is 0.244 e. The van der Waals surface area contributed by atoms with Gasteiger partial charge in [-0.2, -0.15) is 4.31 Å². The second-order valence-electron chi connectivity index (χ2n) is 7.66. The number of halogens is 1. The molecule has 1 atom stereocenters. The van der Waals surface area contributed by atoms with E-state index in [0.29, 0.717) is 16.5 Å². The maximum Gasteiger partial charge on any atom is 0.244 e. The molecule has 1 aliphatic heterocycles. The van der Waals surface area contributed by atoms with E-state index in [1.807, 2.05) is 31.2 Å². The van der Waals surface area contributed by atoms with Crippen LogP contribution in [0.15, 0.2) is 71.6 Å². The summed E-state index contributed by atoms with van der Waals surface area (Å²) < 4.78 is 33.5. The lowest BCUT2D eigenvalue weighted by Crippen LogP contribution is -2.50. The minimum Gasteiger partial charge on any atom is -0.497 e. The van der Waals surface area contributed by atoms with Gasteiger partial charge in [-0.25, -0.2) is 8.42 Å². The van der Waals surface area contributed by atoms with Gasteiger partial charge in [-0.3, -0.25) is 4.79 Å². The zero-order chi connectivity index (χ0) is 22.9. The lowest BCUT2D eigenvalue weighted by atomic mass is 9.95. The maximum absolute atomic E-state index is 13.6. The molecule has 1 amide bonds. The summed E-state index contributed by atoms with van der Waals surface area (Å²) in [6.07, 6.45) is 0.282. The van der Waals surface area contributed by atoms with Crippen molar-refractivity contribution in [3.8, 4) is 5.75 Å². The number of aryl methyl sites for hydroxylation is 1. The highest BCUT2D eigenvalue weighted by atomic mass is 35.5. The fourth-order valence-corrected chi connectivity index (χ4v) is 5.63. The van der Waals surface area contributed by atoms with E-state index in [1.54, 1.807) is 30.3 Å². The number of methoxy groups -OCH3 is 1. The van der Waals surface area contributed by atoms with Crippen molar-refractivity contribution in [1.29, 1.82) is 0 Å². The Balaban J connectivity index is 1.71. The van der Waals surface area contributed by atoms with Crippen LogP contribution in [-0.2, 0) is 27.8 Å². The van der Waals surface area contributed by atoms with Gasteiger partial charge in [-0.15, -0.1) is 0 Å². The highest BCUT2D eigenvalue weighted by Gasteiger charge is 2.39. The Morgan fingerprint density at radius 3 is 2.41 bits per heavy atom. The second kappa shape index (κ2) is 8.94. The summed E-state index contributed by atoms with van der Waals surface area (Å²) in [6, 6.07) is 18.0. The summed E-state index contributed by atoms with van der Waals surface area (Å²) in [5.41, 5.74) is 3.24. The highest BCUT2D eigenvalue weighted by molar-refractivity contribution is 7.89. The van der Waals surface area contributed by atoms with Crippen LogP contribution in [0.3, 0.4) is 0 Å². The maximum atomic E-state index is 13.6. The van der Waals surface area contributed by atoms with Gasteiger partial charge in [0.1, 0.15) is 11.8 Å². The van der Waals surface area contributed by atoms with Gasteiger partial charge in [0.2, 0.25) is 15.9 Å². The van der Waals surface area contributed by atoms with Crippen LogP contribution in [0.2, 0.25) is 5.02 Å². The SMILES string of the molecule is COc1ccc(S(=O)(=O)N2Cc3ccccc3CC2C(=O)Nc2ccc(Cl)cc2C)cc1. The van der Waals surface area contributed by atoms with Crippen molar-refractivity contribution in [2.75, 3.05) is 12.4 Å². The number of rotatable bonds is 5. The number of benzene rings is 3. The standard InChI is InChI=1S/C24H23ClN2O4S/c1-16-13-19(25)7-12-22(16)26-24(28)23-14-17-5-3-4-6-18(17)15-27(23)32(29,30)21-10-8-20(31-2)9-11-21/h3-13,23H,14-15H2,1-2H3,(H,26,28). The van der Waals surface area contributed by atoms with Gasteiger partial charge in [0.05, 0.1) is 12.0 Å². The molecule has 8 heteroatoms. The molecule has 0 bridgehead atoms. The van der Waals surface area contributed by atoms with Gasteiger partial charge in [-0.05, 0) is 72.5 Å². The fraction of sp³-hybridized carbons (Fsp3) is 0.208. The minimum atomic E-state index is -3.94. The quantitative estimate of drug-likeness (QED) is 0.599. The van der Waals surface area contributed by atoms with Crippen LogP contribution in [-0.4, -0.2) is 31.8 Å². The molecule has 1 unspecified atom stereocenters. The molecule has 0 saturated heterocycles. The van der Waals surface area contributed by atoms with E-state index >= 15 is 0 Å². The zero-order valence-electron chi connectivity index (χ0n) is 17.7. The Labute approximate surface area is 192 Å². The van der Waals surface area contributed by atoms with Crippen molar-refractivity contribution >= 4 is 33.2 Å². The third-order valence-corrected chi connectivity index (χ3v) is 7.72. The van der Waals surface area contributed by atoms with Crippen LogP contribution in [0, 0.1) is 6.92 Å². The molecule has 0 saturated carbocycles. The molecule has 6 nitrogen and oxygen atoms in total. The molecule has 4 rings (SSSR count). The summed E-state index contributed by atoms with van der Waals surface area (Å²) in [5.74, 6) is 0.169. The van der Waals surface area contributed by atoms with Crippen LogP contribution in [0.25, 0.3) is 0 Å². The van der Waals surface area contributed by atoms with Gasteiger partial charge < -0.3 is 10.1 Å². The van der Waals surface area contributed by atoms with Crippen molar-refractivity contribution in [3.05, 3.63) is 88.4 Å². The number of ether oxygens (including phenoxy) is 1. The van der Waals surface area contributed by atoms with Crippen LogP contribution in [0.5, 0.6) is 5.75 Å². The van der Waals surface area contributed by atoms with Crippen molar-refractivity contribution in [2.24, 2.45) is 0 Å². The molecule has 3 aromatic carbocycles. The first kappa shape index (κ1) is 22.3. The summed E-state index contributed by atoms with van der Waals surface area (Å²) in [6.45, 7) is 1.95. The van der Waals surface area contributed by atoms with Gasteiger partial charge in [0.25, 0.3) is 0 Å². The molecule has 166 valence electrons. The summed E-state index contributed by atoms with van der Waals surface area (Å²) in [7, 11) is -2.42. The topological polar surface area (TPSA) is 75.7 Å². The van der Waals surface area contributed by atoms with Crippen molar-refractivity contribution in [2.45, 2.75) is 30.8 Å². The Kier molecular flexibility index (Phi) is 6.24. The molecule has 0 aromatic heterocycles. The number of amides is 1. The predicted octanol–water partition coefficient (Wildman–Crippen LogP) is 4.41. The van der Waals surface area contributed by atoms with E-state index in [1.165, 1.54) is 23.5 Å². The van der Waals surface area contributed by atoms with Gasteiger partial charge in [0, 0.05) is 17.3 Å². The second-order valence-corrected chi connectivity index (χ2v) is 9.99. The fourth-order valence-electron chi connectivity index (χ4n) is 3.84. The van der Waals surface area contributed by atoms with Crippen LogP contribution < -0.4 is 10.1 Å². The number of hydrogen-bond acceptors (Lipinski definition) is 4. The first-order chi connectivity index (χ1) is 15.3. The van der Waals surface area contributed by atoms with Crippen molar-refractivity contribution < 1.29 is 17.9 Å². The number of nitrogens with one attached hydrogen (secondary N) is 1. The number of hydrogen-bond donors (Lipinski definition) is 1. The molecule has 0 spiro atoms. The molecule has 3 aromatic rings. The van der Waals surface area contributed by atoms with Crippen molar-refractivity contribution in [1.82, 2.24) is 4.31 Å². The zero-order valence-corrected chi connectivity index (χ0v) is 19.3. The van der Waals surface area contributed by atoms with Gasteiger partial charge in [0.15, 0.2) is 0 Å². The van der Waals surface area contributed by atoms with Gasteiger partial charge >= 0.3 is 0 Å². The molecule has 32 heavy (non-hydrogen) atoms. The van der Waals surface area contributed by atoms with E-state index in [9.17, 15) is 13.2 Å². The average Bonchev–Trinajstić information content (AvgIpc) is 2.80. The minimum absolute atomic E-state index is 0.109. The largest absolute Gasteiger partial charge is 0.497 e. The molecule has 0 radical (unpaired) electrons. The number of carbonyl (C=O) groups excluding carboxylic acids is 1. The van der Waals surface area contributed by atoms with Crippen LogP contribution in [0.1, 0.15) is 16.7 Å². The number of carbonyl (C=O) groups is 1. The molecule has 0 fully saturated rings. The third-order valence-electron chi connectivity index (χ3n) is 5.62. The normalized spacial score (nSPS) is 16.3. The monoisotopic (exact) mass is 470 g/mol.